The van der Waals surface area contributed by atoms with Crippen LogP contribution in [0.5, 0.6) is 0 Å². The maximum absolute atomic E-state index is 13.1. The van der Waals surface area contributed by atoms with Crippen molar-refractivity contribution >= 4 is 80.6 Å². The first-order valence-corrected chi connectivity index (χ1v) is 12.5. The van der Waals surface area contributed by atoms with Gasteiger partial charge in [0.05, 0.1) is 38.9 Å². The Labute approximate surface area is 205 Å². The van der Waals surface area contributed by atoms with Gasteiger partial charge in [0.15, 0.2) is 0 Å². The molecule has 1 spiro atoms. The van der Waals surface area contributed by atoms with Gasteiger partial charge in [-0.15, -0.1) is 11.3 Å². The van der Waals surface area contributed by atoms with Crippen LogP contribution in [0.15, 0.2) is 49.4 Å². The number of methoxy groups -OCH3 is 4. The summed E-state index contributed by atoms with van der Waals surface area (Å²) in [5, 5.41) is 0.875. The standard InChI is InChI=1S/C21H16O8S4/c1-26-17(22)11-13(18(23)27-2)31-12-9-7-5-6-8-10(9)30-16(12)21(11)32-14(19(24)28-3)15(33-21)20(25)29-4/h5-8H,1-4H3. The fourth-order valence-electron chi connectivity index (χ4n) is 3.37. The van der Waals surface area contributed by atoms with Gasteiger partial charge in [0, 0.05) is 15.0 Å². The first-order valence-electron chi connectivity index (χ1n) is 9.23. The summed E-state index contributed by atoms with van der Waals surface area (Å²) >= 11 is 4.43. The van der Waals surface area contributed by atoms with Crippen LogP contribution >= 0.6 is 46.6 Å². The minimum atomic E-state index is -1.37. The third-order valence-corrected chi connectivity index (χ3v) is 10.9. The minimum absolute atomic E-state index is 0.0174. The van der Waals surface area contributed by atoms with E-state index in [-0.39, 0.29) is 20.3 Å². The Bertz CT molecular complexity index is 1240. The number of carbonyl (C=O) groups excluding carboxylic acids is 4. The molecule has 0 saturated carbocycles. The van der Waals surface area contributed by atoms with E-state index in [4.69, 9.17) is 18.9 Å². The average molecular weight is 525 g/mol. The van der Waals surface area contributed by atoms with Crippen LogP contribution in [0.2, 0.25) is 0 Å². The van der Waals surface area contributed by atoms with Crippen molar-refractivity contribution in [3.05, 3.63) is 49.4 Å². The number of esters is 4. The van der Waals surface area contributed by atoms with Crippen LogP contribution in [0, 0.1) is 0 Å². The molecular formula is C21H16O8S4. The van der Waals surface area contributed by atoms with Crippen molar-refractivity contribution in [2.45, 2.75) is 8.97 Å². The van der Waals surface area contributed by atoms with E-state index in [0.29, 0.717) is 4.88 Å². The van der Waals surface area contributed by atoms with E-state index in [9.17, 15) is 19.2 Å². The van der Waals surface area contributed by atoms with Gasteiger partial charge in [0.25, 0.3) is 0 Å². The molecule has 0 amide bonds. The summed E-state index contributed by atoms with van der Waals surface area (Å²) in [7, 11) is 4.80. The first-order chi connectivity index (χ1) is 15.8. The second-order valence-corrected chi connectivity index (χ2v) is 11.3. The molecule has 3 heterocycles. The lowest BCUT2D eigenvalue weighted by Gasteiger charge is -2.34. The lowest BCUT2D eigenvalue weighted by molar-refractivity contribution is -0.139. The zero-order chi connectivity index (χ0) is 23.9. The molecule has 1 aromatic heterocycles. The van der Waals surface area contributed by atoms with Gasteiger partial charge in [-0.1, -0.05) is 53.5 Å². The van der Waals surface area contributed by atoms with Gasteiger partial charge in [0.2, 0.25) is 0 Å². The molecule has 172 valence electrons. The number of hydrogen-bond acceptors (Lipinski definition) is 12. The third kappa shape index (κ3) is 3.65. The van der Waals surface area contributed by atoms with Gasteiger partial charge < -0.3 is 18.9 Å². The lowest BCUT2D eigenvalue weighted by Crippen LogP contribution is -2.31. The maximum atomic E-state index is 13.1. The van der Waals surface area contributed by atoms with Gasteiger partial charge in [-0.3, -0.25) is 0 Å². The second-order valence-electron chi connectivity index (χ2n) is 6.51. The van der Waals surface area contributed by atoms with Crippen molar-refractivity contribution in [1.82, 2.24) is 0 Å². The van der Waals surface area contributed by atoms with E-state index in [1.54, 1.807) is 0 Å². The van der Waals surface area contributed by atoms with Crippen LogP contribution in [-0.4, -0.2) is 52.3 Å². The number of hydrogen-bond donors (Lipinski definition) is 0. The number of thiophene rings is 1. The number of ether oxygens (including phenoxy) is 4. The summed E-state index contributed by atoms with van der Waals surface area (Å²) in [5.74, 6) is -3.02. The molecule has 0 saturated heterocycles. The molecule has 0 bridgehead atoms. The van der Waals surface area contributed by atoms with Crippen LogP contribution in [0.1, 0.15) is 4.88 Å². The molecule has 12 heteroatoms. The fraction of sp³-hybridized carbons (Fsp3) is 0.238. The van der Waals surface area contributed by atoms with Crippen molar-refractivity contribution in [1.29, 1.82) is 0 Å². The second kappa shape index (κ2) is 9.09. The van der Waals surface area contributed by atoms with E-state index >= 15 is 0 Å². The molecule has 0 fully saturated rings. The van der Waals surface area contributed by atoms with Crippen molar-refractivity contribution < 1.29 is 38.1 Å². The number of carbonyl (C=O) groups is 4. The molecule has 4 rings (SSSR count). The molecule has 0 unspecified atom stereocenters. The largest absolute Gasteiger partial charge is 0.466 e. The molecule has 0 N–H and O–H groups in total. The molecular weight excluding hydrogens is 508 g/mol. The van der Waals surface area contributed by atoms with Gasteiger partial charge in [0.1, 0.15) is 18.8 Å². The van der Waals surface area contributed by atoms with Crippen molar-refractivity contribution in [3.63, 3.8) is 0 Å². The third-order valence-electron chi connectivity index (χ3n) is 4.81. The molecule has 2 aliphatic heterocycles. The number of fused-ring (bicyclic) bond motifs is 4. The number of benzene rings is 1. The Balaban J connectivity index is 2.06. The highest BCUT2D eigenvalue weighted by atomic mass is 32.2. The van der Waals surface area contributed by atoms with Gasteiger partial charge in [-0.05, 0) is 6.07 Å². The molecule has 0 radical (unpaired) electrons. The van der Waals surface area contributed by atoms with Gasteiger partial charge >= 0.3 is 23.9 Å². The Kier molecular flexibility index (Phi) is 6.54. The predicted molar refractivity (Wildman–Crippen MR) is 127 cm³/mol. The zero-order valence-corrected chi connectivity index (χ0v) is 21.0. The van der Waals surface area contributed by atoms with E-state index in [1.165, 1.54) is 39.8 Å². The fourth-order valence-corrected chi connectivity index (χ4v) is 9.91. The maximum Gasteiger partial charge on any atom is 0.345 e. The Morgan fingerprint density at radius 3 is 1.79 bits per heavy atom. The van der Waals surface area contributed by atoms with Crippen LogP contribution in [0.25, 0.3) is 10.1 Å². The van der Waals surface area contributed by atoms with Gasteiger partial charge in [-0.25, -0.2) is 19.2 Å². The van der Waals surface area contributed by atoms with E-state index in [0.717, 1.165) is 50.3 Å². The normalized spacial score (nSPS) is 16.6. The monoisotopic (exact) mass is 524 g/mol. The molecule has 0 aliphatic carbocycles. The molecule has 1 aromatic carbocycles. The van der Waals surface area contributed by atoms with E-state index in [2.05, 4.69) is 0 Å². The van der Waals surface area contributed by atoms with Crippen molar-refractivity contribution in [3.8, 4) is 0 Å². The van der Waals surface area contributed by atoms with Crippen molar-refractivity contribution in [2.24, 2.45) is 0 Å². The molecule has 33 heavy (non-hydrogen) atoms. The highest BCUT2D eigenvalue weighted by Crippen LogP contribution is 2.70. The summed E-state index contributed by atoms with van der Waals surface area (Å²) < 4.78 is 19.4. The van der Waals surface area contributed by atoms with Crippen LogP contribution in [0.3, 0.4) is 0 Å². The molecule has 2 aromatic rings. The molecule has 2 aliphatic rings. The topological polar surface area (TPSA) is 105 Å². The zero-order valence-electron chi connectivity index (χ0n) is 17.7. The SMILES string of the molecule is COC(=O)C1=C(C(=O)OC)SC2(S1)C(C(=O)OC)=C(C(=O)OC)Sc1c2sc2ccccc12. The van der Waals surface area contributed by atoms with E-state index < -0.39 is 28.0 Å². The Hall–Kier alpha value is -2.41. The summed E-state index contributed by atoms with van der Waals surface area (Å²) in [6.45, 7) is 0. The average Bonchev–Trinajstić information content (AvgIpc) is 3.42. The molecule has 0 atom stereocenters. The quantitative estimate of drug-likeness (QED) is 0.431. The summed E-state index contributed by atoms with van der Waals surface area (Å²) in [6.07, 6.45) is 0. The predicted octanol–water partition coefficient (Wildman–Crippen LogP) is 3.80. The Morgan fingerprint density at radius 1 is 0.727 bits per heavy atom. The lowest BCUT2D eigenvalue weighted by atomic mass is 10.1. The molecule has 8 nitrogen and oxygen atoms in total. The van der Waals surface area contributed by atoms with Gasteiger partial charge in [-0.2, -0.15) is 0 Å². The summed E-state index contributed by atoms with van der Waals surface area (Å²) in [5.41, 5.74) is -0.0174. The summed E-state index contributed by atoms with van der Waals surface area (Å²) in [4.78, 5) is 52.6. The number of rotatable bonds is 4. The Morgan fingerprint density at radius 2 is 1.24 bits per heavy atom. The smallest absolute Gasteiger partial charge is 0.345 e. The van der Waals surface area contributed by atoms with E-state index in [1.807, 2.05) is 24.3 Å². The summed E-state index contributed by atoms with van der Waals surface area (Å²) in [6, 6.07) is 7.57. The van der Waals surface area contributed by atoms with Crippen LogP contribution < -0.4 is 0 Å². The van der Waals surface area contributed by atoms with Crippen molar-refractivity contribution in [2.75, 3.05) is 28.4 Å². The minimum Gasteiger partial charge on any atom is -0.466 e. The number of thioether (sulfide) groups is 3. The van der Waals surface area contributed by atoms with Crippen LogP contribution in [0.4, 0.5) is 0 Å². The van der Waals surface area contributed by atoms with Crippen LogP contribution in [-0.2, 0) is 42.2 Å². The highest BCUT2D eigenvalue weighted by molar-refractivity contribution is 8.25. The highest BCUT2D eigenvalue weighted by Gasteiger charge is 2.58. The first kappa shape index (κ1) is 23.7.